The van der Waals surface area contributed by atoms with Crippen molar-refractivity contribution in [1.82, 2.24) is 30.4 Å². The summed E-state index contributed by atoms with van der Waals surface area (Å²) in [5, 5.41) is 0. The largest absolute Gasteiger partial charge is 0.382 e. The van der Waals surface area contributed by atoms with Crippen LogP contribution in [0.4, 0.5) is 5.82 Å². The molecule has 94 valence electrons. The van der Waals surface area contributed by atoms with Gasteiger partial charge in [-0.3, -0.25) is 4.57 Å². The summed E-state index contributed by atoms with van der Waals surface area (Å²) < 4.78 is 7.90. The summed E-state index contributed by atoms with van der Waals surface area (Å²) >= 11 is 0. The number of rotatable bonds is 2. The Kier molecular flexibility index (Phi) is 2.04. The van der Waals surface area contributed by atoms with Gasteiger partial charge in [-0.1, -0.05) is 0 Å². The third-order valence-electron chi connectivity index (χ3n) is 3.41. The molecule has 0 saturated carbocycles. The zero-order valence-electron chi connectivity index (χ0n) is 9.58. The predicted octanol–water partition coefficient (Wildman–Crippen LogP) is -0.480. The lowest BCUT2D eigenvalue weighted by atomic mass is 10.2. The van der Waals surface area contributed by atoms with E-state index in [4.69, 9.17) is 10.5 Å². The summed E-state index contributed by atoms with van der Waals surface area (Å²) in [6.45, 7) is 0. The van der Waals surface area contributed by atoms with Gasteiger partial charge in [-0.25, -0.2) is 25.8 Å². The number of ether oxygens (including phenoxy) is 1. The maximum Gasteiger partial charge on any atom is 0.167 e. The molecule has 4 heterocycles. The fourth-order valence-corrected chi connectivity index (χ4v) is 2.41. The summed E-state index contributed by atoms with van der Waals surface area (Å²) in [5.74, 6) is 0.402. The number of nitrogens with zero attached hydrogens (tertiary/aromatic N) is 4. The lowest BCUT2D eigenvalue weighted by Gasteiger charge is -2.13. The number of hydrogen-bond acceptors (Lipinski definition) is 7. The smallest absolute Gasteiger partial charge is 0.167 e. The average Bonchev–Trinajstić information content (AvgIpc) is 2.95. The third-order valence-corrected chi connectivity index (χ3v) is 3.41. The van der Waals surface area contributed by atoms with Crippen LogP contribution < -0.4 is 16.6 Å². The van der Waals surface area contributed by atoms with Crippen molar-refractivity contribution in [2.24, 2.45) is 0 Å². The molecule has 2 saturated heterocycles. The molecule has 0 aromatic carbocycles. The molecule has 4 rings (SSSR count). The molecule has 0 unspecified atom stereocenters. The molecule has 0 amide bonds. The van der Waals surface area contributed by atoms with Gasteiger partial charge in [0, 0.05) is 0 Å². The Bertz CT molecular complexity index is 593. The van der Waals surface area contributed by atoms with Gasteiger partial charge in [0.1, 0.15) is 24.2 Å². The van der Waals surface area contributed by atoms with E-state index in [1.807, 2.05) is 4.57 Å². The van der Waals surface area contributed by atoms with E-state index in [0.717, 1.165) is 18.5 Å². The van der Waals surface area contributed by atoms with E-state index in [9.17, 15) is 0 Å². The summed E-state index contributed by atoms with van der Waals surface area (Å²) in [5.41, 5.74) is 13.2. The SMILES string of the molecule is Nc1ncnc2c1ncn2[C@H]1CC[C@@H](C2NN2)O1. The Morgan fingerprint density at radius 1 is 1.28 bits per heavy atom. The zero-order valence-corrected chi connectivity index (χ0v) is 9.58. The highest BCUT2D eigenvalue weighted by molar-refractivity contribution is 5.81. The van der Waals surface area contributed by atoms with E-state index in [1.165, 1.54) is 6.33 Å². The molecule has 2 aromatic heterocycles. The van der Waals surface area contributed by atoms with E-state index in [0.29, 0.717) is 11.3 Å². The molecule has 0 aliphatic carbocycles. The second-order valence-electron chi connectivity index (χ2n) is 4.56. The second kappa shape index (κ2) is 3.61. The van der Waals surface area contributed by atoms with Gasteiger partial charge in [0.15, 0.2) is 11.5 Å². The molecule has 0 bridgehead atoms. The van der Waals surface area contributed by atoms with Gasteiger partial charge in [0.2, 0.25) is 0 Å². The fraction of sp³-hybridized carbons (Fsp3) is 0.500. The first-order chi connectivity index (χ1) is 8.83. The van der Waals surface area contributed by atoms with E-state index < -0.39 is 0 Å². The van der Waals surface area contributed by atoms with Crippen molar-refractivity contribution in [3.05, 3.63) is 12.7 Å². The number of aromatic nitrogens is 4. The van der Waals surface area contributed by atoms with Crippen molar-refractivity contribution in [3.8, 4) is 0 Å². The molecule has 2 atom stereocenters. The van der Waals surface area contributed by atoms with Crippen molar-refractivity contribution in [1.29, 1.82) is 0 Å². The maximum atomic E-state index is 5.97. The fourth-order valence-electron chi connectivity index (χ4n) is 2.41. The van der Waals surface area contributed by atoms with E-state index in [-0.39, 0.29) is 18.5 Å². The van der Waals surface area contributed by atoms with Crippen LogP contribution in [0, 0.1) is 0 Å². The van der Waals surface area contributed by atoms with Gasteiger partial charge in [0.25, 0.3) is 0 Å². The molecule has 2 aliphatic heterocycles. The van der Waals surface area contributed by atoms with E-state index >= 15 is 0 Å². The standard InChI is InChI=1S/C10H13N7O/c11-8-7-10(13-3-12-8)17(4-14-7)6-2-1-5(18-6)9-15-16-9/h3-6,9,15-16H,1-2H2,(H2,11,12,13)/t5-,6+/m0/s1. The number of anilines is 1. The molecule has 2 fully saturated rings. The lowest BCUT2D eigenvalue weighted by Crippen LogP contribution is -2.19. The minimum absolute atomic E-state index is 0.0292. The Morgan fingerprint density at radius 3 is 3.00 bits per heavy atom. The highest BCUT2D eigenvalue weighted by Gasteiger charge is 2.38. The number of hydrazine groups is 1. The first-order valence-electron chi connectivity index (χ1n) is 5.92. The number of nitrogen functional groups attached to an aromatic ring is 1. The Morgan fingerprint density at radius 2 is 2.17 bits per heavy atom. The minimum Gasteiger partial charge on any atom is -0.382 e. The molecule has 2 aliphatic rings. The van der Waals surface area contributed by atoms with Crippen LogP contribution in [0.15, 0.2) is 12.7 Å². The lowest BCUT2D eigenvalue weighted by molar-refractivity contribution is 0.00277. The number of fused-ring (bicyclic) bond motifs is 1. The molecule has 18 heavy (non-hydrogen) atoms. The van der Waals surface area contributed by atoms with Gasteiger partial charge < -0.3 is 10.5 Å². The van der Waals surface area contributed by atoms with Crippen LogP contribution in [-0.4, -0.2) is 31.8 Å². The summed E-state index contributed by atoms with van der Waals surface area (Å²) in [7, 11) is 0. The van der Waals surface area contributed by atoms with Gasteiger partial charge >= 0.3 is 0 Å². The van der Waals surface area contributed by atoms with Crippen LogP contribution in [0.1, 0.15) is 19.1 Å². The average molecular weight is 247 g/mol. The first kappa shape index (κ1) is 10.2. The normalized spacial score (nSPS) is 28.0. The van der Waals surface area contributed by atoms with Gasteiger partial charge in [-0.05, 0) is 12.8 Å². The second-order valence-corrected chi connectivity index (χ2v) is 4.56. The van der Waals surface area contributed by atoms with E-state index in [2.05, 4.69) is 25.8 Å². The van der Waals surface area contributed by atoms with Crippen LogP contribution in [0.5, 0.6) is 0 Å². The Labute approximate surface area is 103 Å². The van der Waals surface area contributed by atoms with Gasteiger partial charge in [-0.15, -0.1) is 0 Å². The van der Waals surface area contributed by atoms with Crippen molar-refractivity contribution in [3.63, 3.8) is 0 Å². The summed E-state index contributed by atoms with van der Waals surface area (Å²) in [4.78, 5) is 12.4. The number of imidazole rings is 1. The highest BCUT2D eigenvalue weighted by Crippen LogP contribution is 2.32. The quantitative estimate of drug-likeness (QED) is 0.612. The van der Waals surface area contributed by atoms with Gasteiger partial charge in [0.05, 0.1) is 12.4 Å². The number of nitrogens with one attached hydrogen (secondary N) is 2. The van der Waals surface area contributed by atoms with Crippen LogP contribution in [0.2, 0.25) is 0 Å². The van der Waals surface area contributed by atoms with Gasteiger partial charge in [-0.2, -0.15) is 0 Å². The Balaban J connectivity index is 1.68. The molecule has 2 aromatic rings. The molecular formula is C10H13N7O. The van der Waals surface area contributed by atoms with E-state index in [1.54, 1.807) is 6.33 Å². The van der Waals surface area contributed by atoms with Crippen molar-refractivity contribution < 1.29 is 4.74 Å². The maximum absolute atomic E-state index is 5.97. The highest BCUT2D eigenvalue weighted by atomic mass is 16.5. The molecular weight excluding hydrogens is 234 g/mol. The van der Waals surface area contributed by atoms with Crippen molar-refractivity contribution in [2.75, 3.05) is 5.73 Å². The number of hydrogen-bond donors (Lipinski definition) is 3. The van der Waals surface area contributed by atoms with Crippen molar-refractivity contribution in [2.45, 2.75) is 31.3 Å². The van der Waals surface area contributed by atoms with Crippen LogP contribution in [0.3, 0.4) is 0 Å². The number of nitrogens with two attached hydrogens (primary N) is 1. The monoisotopic (exact) mass is 247 g/mol. The van der Waals surface area contributed by atoms with Crippen LogP contribution >= 0.6 is 0 Å². The predicted molar refractivity (Wildman–Crippen MR) is 62.9 cm³/mol. The molecule has 0 spiro atoms. The van der Waals surface area contributed by atoms with Crippen LogP contribution in [-0.2, 0) is 4.74 Å². The molecule has 0 radical (unpaired) electrons. The molecule has 8 heteroatoms. The summed E-state index contributed by atoms with van der Waals surface area (Å²) in [6.07, 6.45) is 5.58. The third kappa shape index (κ3) is 1.47. The topological polar surface area (TPSA) is 123 Å². The zero-order chi connectivity index (χ0) is 12.1. The molecule has 8 nitrogen and oxygen atoms in total. The van der Waals surface area contributed by atoms with Crippen molar-refractivity contribution >= 4 is 17.0 Å². The first-order valence-corrected chi connectivity index (χ1v) is 5.92. The summed E-state index contributed by atoms with van der Waals surface area (Å²) in [6, 6.07) is 0. The minimum atomic E-state index is -0.0292. The van der Waals surface area contributed by atoms with Crippen LogP contribution in [0.25, 0.3) is 11.2 Å². The Hall–Kier alpha value is -1.77. The molecule has 4 N–H and O–H groups in total.